The molecule has 1 aliphatic carbocycles. The zero-order chi connectivity index (χ0) is 13.7. The number of rotatable bonds is 5. The number of hydrogen-bond acceptors (Lipinski definition) is 6. The standard InChI is InChI=1S/C13H21N3O2S/c1-18-12(17)6-11-8-19-13(16-11)15-7-9-2-4-10(14)5-3-9/h8-10H,2-7,14H2,1H3,(H,15,16). The molecule has 19 heavy (non-hydrogen) atoms. The lowest BCUT2D eigenvalue weighted by Gasteiger charge is -2.25. The van der Waals surface area contributed by atoms with Gasteiger partial charge >= 0.3 is 5.97 Å². The highest BCUT2D eigenvalue weighted by atomic mass is 32.1. The maximum Gasteiger partial charge on any atom is 0.311 e. The van der Waals surface area contributed by atoms with Crippen LogP contribution in [0.3, 0.4) is 0 Å². The molecular weight excluding hydrogens is 262 g/mol. The van der Waals surface area contributed by atoms with E-state index in [1.165, 1.54) is 31.3 Å². The molecule has 1 aliphatic rings. The van der Waals surface area contributed by atoms with Gasteiger partial charge in [0.25, 0.3) is 0 Å². The minimum Gasteiger partial charge on any atom is -0.469 e. The Kier molecular flexibility index (Phi) is 5.15. The van der Waals surface area contributed by atoms with E-state index >= 15 is 0 Å². The smallest absolute Gasteiger partial charge is 0.311 e. The van der Waals surface area contributed by atoms with Crippen LogP contribution in [-0.2, 0) is 16.0 Å². The molecule has 0 atom stereocenters. The third-order valence-electron chi connectivity index (χ3n) is 3.54. The van der Waals surface area contributed by atoms with Crippen LogP contribution >= 0.6 is 11.3 Å². The van der Waals surface area contributed by atoms with E-state index in [0.29, 0.717) is 12.0 Å². The van der Waals surface area contributed by atoms with E-state index in [-0.39, 0.29) is 12.4 Å². The second-order valence-corrected chi connectivity index (χ2v) is 5.92. The Morgan fingerprint density at radius 1 is 1.53 bits per heavy atom. The molecule has 3 N–H and O–H groups in total. The van der Waals surface area contributed by atoms with Crippen molar-refractivity contribution in [3.05, 3.63) is 11.1 Å². The molecule has 0 bridgehead atoms. The highest BCUT2D eigenvalue weighted by molar-refractivity contribution is 7.13. The summed E-state index contributed by atoms with van der Waals surface area (Å²) in [6.45, 7) is 0.942. The van der Waals surface area contributed by atoms with Crippen molar-refractivity contribution in [3.63, 3.8) is 0 Å². The Balaban J connectivity index is 1.75. The molecule has 106 valence electrons. The van der Waals surface area contributed by atoms with E-state index in [4.69, 9.17) is 5.73 Å². The minimum atomic E-state index is -0.252. The number of nitrogens with one attached hydrogen (secondary N) is 1. The topological polar surface area (TPSA) is 77.2 Å². The van der Waals surface area contributed by atoms with Gasteiger partial charge in [-0.2, -0.15) is 0 Å². The van der Waals surface area contributed by atoms with Crippen LogP contribution in [-0.4, -0.2) is 30.6 Å². The Morgan fingerprint density at radius 2 is 2.26 bits per heavy atom. The molecule has 0 saturated heterocycles. The molecule has 5 nitrogen and oxygen atoms in total. The van der Waals surface area contributed by atoms with Crippen LogP contribution in [0.25, 0.3) is 0 Å². The molecule has 1 aromatic heterocycles. The van der Waals surface area contributed by atoms with Crippen molar-refractivity contribution in [3.8, 4) is 0 Å². The van der Waals surface area contributed by atoms with Gasteiger partial charge in [-0.1, -0.05) is 0 Å². The van der Waals surface area contributed by atoms with E-state index in [1.807, 2.05) is 5.38 Å². The molecule has 0 aliphatic heterocycles. The maximum atomic E-state index is 11.1. The van der Waals surface area contributed by atoms with E-state index in [1.54, 1.807) is 0 Å². The second kappa shape index (κ2) is 6.86. The highest BCUT2D eigenvalue weighted by Crippen LogP contribution is 2.24. The summed E-state index contributed by atoms with van der Waals surface area (Å²) in [7, 11) is 1.39. The third-order valence-corrected chi connectivity index (χ3v) is 4.39. The van der Waals surface area contributed by atoms with Crippen LogP contribution in [0.2, 0.25) is 0 Å². The molecule has 1 heterocycles. The SMILES string of the molecule is COC(=O)Cc1csc(NCC2CCC(N)CC2)n1. The molecule has 6 heteroatoms. The summed E-state index contributed by atoms with van der Waals surface area (Å²) < 4.78 is 4.62. The van der Waals surface area contributed by atoms with Crippen molar-refractivity contribution in [2.45, 2.75) is 38.1 Å². The summed E-state index contributed by atoms with van der Waals surface area (Å²) in [4.78, 5) is 15.5. The lowest BCUT2D eigenvalue weighted by Crippen LogP contribution is -2.29. The largest absolute Gasteiger partial charge is 0.469 e. The lowest BCUT2D eigenvalue weighted by molar-refractivity contribution is -0.139. The molecule has 0 radical (unpaired) electrons. The van der Waals surface area contributed by atoms with Crippen molar-refractivity contribution in [1.82, 2.24) is 4.98 Å². The first kappa shape index (κ1) is 14.3. The van der Waals surface area contributed by atoms with Gasteiger partial charge in [0.15, 0.2) is 5.13 Å². The van der Waals surface area contributed by atoms with Gasteiger partial charge in [-0.15, -0.1) is 11.3 Å². The molecule has 2 rings (SSSR count). The van der Waals surface area contributed by atoms with Crippen LogP contribution in [0, 0.1) is 5.92 Å². The summed E-state index contributed by atoms with van der Waals surface area (Å²) >= 11 is 1.54. The van der Waals surface area contributed by atoms with Crippen molar-refractivity contribution in [2.75, 3.05) is 19.0 Å². The lowest BCUT2D eigenvalue weighted by atomic mass is 9.86. The zero-order valence-corrected chi connectivity index (χ0v) is 12.0. The van der Waals surface area contributed by atoms with E-state index in [0.717, 1.165) is 30.2 Å². The van der Waals surface area contributed by atoms with E-state index in [9.17, 15) is 4.79 Å². The number of methoxy groups -OCH3 is 1. The molecule has 1 aromatic rings. The van der Waals surface area contributed by atoms with Gasteiger partial charge < -0.3 is 15.8 Å². The number of nitrogens with zero attached hydrogens (tertiary/aromatic N) is 1. The van der Waals surface area contributed by atoms with Crippen molar-refractivity contribution < 1.29 is 9.53 Å². The fraction of sp³-hybridized carbons (Fsp3) is 0.692. The van der Waals surface area contributed by atoms with Crippen LogP contribution in [0.5, 0.6) is 0 Å². The van der Waals surface area contributed by atoms with Gasteiger partial charge in [0.1, 0.15) is 0 Å². The van der Waals surface area contributed by atoms with Crippen molar-refractivity contribution in [2.24, 2.45) is 11.7 Å². The quantitative estimate of drug-likeness (QED) is 0.806. The zero-order valence-electron chi connectivity index (χ0n) is 11.2. The van der Waals surface area contributed by atoms with Crippen LogP contribution < -0.4 is 11.1 Å². The Hall–Kier alpha value is -1.14. The van der Waals surface area contributed by atoms with E-state index < -0.39 is 0 Å². The number of aromatic nitrogens is 1. The molecule has 0 aromatic carbocycles. The maximum absolute atomic E-state index is 11.1. The number of carbonyl (C=O) groups excluding carboxylic acids is 1. The summed E-state index contributed by atoms with van der Waals surface area (Å²) in [5.41, 5.74) is 6.66. The summed E-state index contributed by atoms with van der Waals surface area (Å²) in [6.07, 6.45) is 4.87. The van der Waals surface area contributed by atoms with Gasteiger partial charge in [-0.3, -0.25) is 4.79 Å². The van der Waals surface area contributed by atoms with Crippen LogP contribution in [0.1, 0.15) is 31.4 Å². The fourth-order valence-electron chi connectivity index (χ4n) is 2.31. The number of carbonyl (C=O) groups is 1. The average molecular weight is 283 g/mol. The van der Waals surface area contributed by atoms with Gasteiger partial charge in [0.05, 0.1) is 19.2 Å². The Labute approximate surface area is 117 Å². The predicted octanol–water partition coefficient (Wildman–Crippen LogP) is 1.79. The summed E-state index contributed by atoms with van der Waals surface area (Å²) in [5.74, 6) is 0.436. The number of anilines is 1. The van der Waals surface area contributed by atoms with Gasteiger partial charge in [-0.25, -0.2) is 4.98 Å². The van der Waals surface area contributed by atoms with Gasteiger partial charge in [0, 0.05) is 18.0 Å². The highest BCUT2D eigenvalue weighted by Gasteiger charge is 2.18. The number of esters is 1. The first-order valence-corrected chi connectivity index (χ1v) is 7.56. The normalized spacial score (nSPS) is 23.1. The van der Waals surface area contributed by atoms with Crippen molar-refractivity contribution >= 4 is 22.4 Å². The predicted molar refractivity (Wildman–Crippen MR) is 76.3 cm³/mol. The van der Waals surface area contributed by atoms with E-state index in [2.05, 4.69) is 15.0 Å². The molecule has 0 amide bonds. The van der Waals surface area contributed by atoms with Gasteiger partial charge in [0.2, 0.25) is 0 Å². The molecule has 0 spiro atoms. The number of ether oxygens (including phenoxy) is 1. The fourth-order valence-corrected chi connectivity index (χ4v) is 3.03. The molecule has 1 fully saturated rings. The average Bonchev–Trinajstić information content (AvgIpc) is 2.85. The minimum absolute atomic E-state index is 0.243. The first-order chi connectivity index (χ1) is 9.17. The number of nitrogens with two attached hydrogens (primary N) is 1. The third kappa shape index (κ3) is 4.47. The summed E-state index contributed by atoms with van der Waals surface area (Å²) in [6, 6.07) is 0.391. The summed E-state index contributed by atoms with van der Waals surface area (Å²) in [5, 5.41) is 6.14. The van der Waals surface area contributed by atoms with Crippen LogP contribution in [0.4, 0.5) is 5.13 Å². The molecule has 1 saturated carbocycles. The first-order valence-electron chi connectivity index (χ1n) is 6.68. The molecule has 0 unspecified atom stereocenters. The van der Waals surface area contributed by atoms with Gasteiger partial charge in [-0.05, 0) is 31.6 Å². The molecular formula is C13H21N3O2S. The van der Waals surface area contributed by atoms with Crippen molar-refractivity contribution in [1.29, 1.82) is 0 Å². The monoisotopic (exact) mass is 283 g/mol. The van der Waals surface area contributed by atoms with Crippen LogP contribution in [0.15, 0.2) is 5.38 Å². The number of hydrogen-bond donors (Lipinski definition) is 2. The second-order valence-electron chi connectivity index (χ2n) is 5.06. The number of thiazole rings is 1. The Morgan fingerprint density at radius 3 is 2.95 bits per heavy atom. The Bertz CT molecular complexity index is 414.